The molecule has 9 nitrogen and oxygen atoms in total. The van der Waals surface area contributed by atoms with Gasteiger partial charge in [0.25, 0.3) is 0 Å². The van der Waals surface area contributed by atoms with E-state index in [9.17, 15) is 4.79 Å². The van der Waals surface area contributed by atoms with Gasteiger partial charge in [-0.2, -0.15) is 0 Å². The topological polar surface area (TPSA) is 168 Å². The molecule has 0 amide bonds. The fourth-order valence-corrected chi connectivity index (χ4v) is 0.782. The van der Waals surface area contributed by atoms with Gasteiger partial charge in [0.15, 0.2) is 6.29 Å². The summed E-state index contributed by atoms with van der Waals surface area (Å²) in [6.07, 6.45) is -6.74. The zero-order valence-electron chi connectivity index (χ0n) is 8.96. The lowest BCUT2D eigenvalue weighted by molar-refractivity contribution is -0.135. The van der Waals surface area contributed by atoms with Gasteiger partial charge in [0.2, 0.25) is 0 Å². The lowest BCUT2D eigenvalue weighted by Crippen LogP contribution is -2.46. The number of carbonyl (C=O) groups excluding carboxylic acids is 1. The maximum absolute atomic E-state index is 10.0. The highest BCUT2D eigenvalue weighted by Gasteiger charge is 2.29. The zero-order valence-corrected chi connectivity index (χ0v) is 8.96. The third-order valence-electron chi connectivity index (χ3n) is 1.61. The number of hydrogen-bond donors (Lipinski definition) is 7. The minimum absolute atomic E-state index is 0.0352. The maximum Gasteiger partial charge on any atom is 0.435 e. The molecule has 0 bridgehead atoms. The van der Waals surface area contributed by atoms with Crippen molar-refractivity contribution < 1.29 is 44.9 Å². The standard InChI is InChI=1S/C6H13BO7.BH3O2/c8-1-3(9)5(11)6(12)4(10)2-14-7-13;2-1-3/h1,3-7,9-13H,2H2;1-3H/t3-,4+,5+,6+;/m0./s1. The molecule has 17 heavy (non-hydrogen) atoms. The third-order valence-corrected chi connectivity index (χ3v) is 1.61. The van der Waals surface area contributed by atoms with E-state index in [0.29, 0.717) is 0 Å². The van der Waals surface area contributed by atoms with E-state index in [1.807, 2.05) is 0 Å². The SMILES string of the molecule is O=C[C@H](O)[C@@H](O)[C@H](O)[C@H](O)COBO.OBO. The molecule has 0 saturated heterocycles. The molecule has 0 aromatic rings. The highest BCUT2D eigenvalue weighted by atomic mass is 16.5. The van der Waals surface area contributed by atoms with Crippen LogP contribution in [-0.2, 0) is 9.45 Å². The Hall–Kier alpha value is -0.520. The van der Waals surface area contributed by atoms with Gasteiger partial charge in [0, 0.05) is 0 Å². The van der Waals surface area contributed by atoms with Crippen molar-refractivity contribution >= 4 is 21.7 Å². The Morgan fingerprint density at radius 2 is 1.53 bits per heavy atom. The summed E-state index contributed by atoms with van der Waals surface area (Å²) < 4.78 is 4.34. The molecule has 7 N–H and O–H groups in total. The van der Waals surface area contributed by atoms with E-state index in [0.717, 1.165) is 0 Å². The number of aliphatic hydroxyl groups excluding tert-OH is 4. The quantitative estimate of drug-likeness (QED) is 0.173. The van der Waals surface area contributed by atoms with Gasteiger partial charge >= 0.3 is 15.4 Å². The fraction of sp³-hybridized carbons (Fsp3) is 0.833. The molecule has 0 unspecified atom stereocenters. The van der Waals surface area contributed by atoms with E-state index < -0.39 is 46.4 Å². The predicted molar refractivity (Wildman–Crippen MR) is 57.0 cm³/mol. The highest BCUT2D eigenvalue weighted by Crippen LogP contribution is 2.04. The van der Waals surface area contributed by atoms with Gasteiger partial charge in [-0.15, -0.1) is 0 Å². The lowest BCUT2D eigenvalue weighted by atomic mass is 10.0. The summed E-state index contributed by atoms with van der Waals surface area (Å²) in [6, 6.07) is 0. The third kappa shape index (κ3) is 9.21. The lowest BCUT2D eigenvalue weighted by Gasteiger charge is -2.23. The van der Waals surface area contributed by atoms with Gasteiger partial charge in [-0.3, -0.25) is 0 Å². The highest BCUT2D eigenvalue weighted by molar-refractivity contribution is 6.15. The molecule has 0 rings (SSSR count). The van der Waals surface area contributed by atoms with Crippen LogP contribution in [0.25, 0.3) is 0 Å². The molecular weight excluding hydrogens is 238 g/mol. The number of carbonyl (C=O) groups is 1. The van der Waals surface area contributed by atoms with E-state index in [1.165, 1.54) is 0 Å². The summed E-state index contributed by atoms with van der Waals surface area (Å²) in [5.74, 6) is 0. The Morgan fingerprint density at radius 3 is 1.88 bits per heavy atom. The summed E-state index contributed by atoms with van der Waals surface area (Å²) in [6.45, 7) is -0.416. The van der Waals surface area contributed by atoms with Crippen molar-refractivity contribution in [3.63, 3.8) is 0 Å². The largest absolute Gasteiger partial charge is 0.435 e. The summed E-state index contributed by atoms with van der Waals surface area (Å²) in [5.41, 5.74) is 0. The van der Waals surface area contributed by atoms with Crippen molar-refractivity contribution in [3.8, 4) is 0 Å². The second-order valence-corrected chi connectivity index (χ2v) is 2.82. The predicted octanol–water partition coefficient (Wildman–Crippen LogP) is -5.86. The average molecular weight is 254 g/mol. The van der Waals surface area contributed by atoms with Crippen LogP contribution in [0, 0.1) is 0 Å². The molecular formula is C6H16B2O9. The summed E-state index contributed by atoms with van der Waals surface area (Å²) in [5, 5.41) is 58.5. The van der Waals surface area contributed by atoms with Crippen LogP contribution >= 0.6 is 0 Å². The number of aldehydes is 1. The van der Waals surface area contributed by atoms with Gasteiger partial charge < -0.3 is 44.9 Å². The Labute approximate surface area is 98.5 Å². The van der Waals surface area contributed by atoms with Gasteiger partial charge in [-0.25, -0.2) is 0 Å². The second kappa shape index (κ2) is 12.0. The van der Waals surface area contributed by atoms with Crippen molar-refractivity contribution in [2.24, 2.45) is 0 Å². The van der Waals surface area contributed by atoms with Gasteiger partial charge in [-0.05, 0) is 0 Å². The molecule has 0 spiro atoms. The zero-order chi connectivity index (χ0) is 13.8. The normalized spacial score (nSPS) is 16.9. The number of hydrogen-bond acceptors (Lipinski definition) is 9. The van der Waals surface area contributed by atoms with Crippen LogP contribution in [-0.4, -0.2) is 88.2 Å². The summed E-state index contributed by atoms with van der Waals surface area (Å²) in [7, 11) is -1.39. The average Bonchev–Trinajstić information content (AvgIpc) is 2.33. The molecule has 0 aromatic heterocycles. The first-order valence-electron chi connectivity index (χ1n) is 4.54. The Balaban J connectivity index is 0. The van der Waals surface area contributed by atoms with E-state index in [-0.39, 0.29) is 6.29 Å². The monoisotopic (exact) mass is 254 g/mol. The first kappa shape index (κ1) is 18.8. The van der Waals surface area contributed by atoms with Crippen molar-refractivity contribution in [1.82, 2.24) is 0 Å². The van der Waals surface area contributed by atoms with E-state index in [2.05, 4.69) is 4.65 Å². The minimum atomic E-state index is -1.79. The van der Waals surface area contributed by atoms with Crippen molar-refractivity contribution in [3.05, 3.63) is 0 Å². The molecule has 0 fully saturated rings. The number of rotatable bonds is 7. The Bertz CT molecular complexity index is 183. The van der Waals surface area contributed by atoms with Crippen LogP contribution in [0.2, 0.25) is 0 Å². The molecule has 4 atom stereocenters. The summed E-state index contributed by atoms with van der Waals surface area (Å²) >= 11 is 0. The molecule has 0 aliphatic heterocycles. The first-order valence-corrected chi connectivity index (χ1v) is 4.54. The molecule has 100 valence electrons. The summed E-state index contributed by atoms with van der Waals surface area (Å²) in [4.78, 5) is 10.0. The van der Waals surface area contributed by atoms with Crippen LogP contribution < -0.4 is 0 Å². The Morgan fingerprint density at radius 1 is 1.06 bits per heavy atom. The van der Waals surface area contributed by atoms with Crippen LogP contribution in [0.4, 0.5) is 0 Å². The van der Waals surface area contributed by atoms with Gasteiger partial charge in [0.1, 0.15) is 24.4 Å². The van der Waals surface area contributed by atoms with Gasteiger partial charge in [-0.1, -0.05) is 0 Å². The van der Waals surface area contributed by atoms with Crippen LogP contribution in [0.1, 0.15) is 0 Å². The fourth-order valence-electron chi connectivity index (χ4n) is 0.782. The van der Waals surface area contributed by atoms with Crippen LogP contribution in [0.3, 0.4) is 0 Å². The van der Waals surface area contributed by atoms with Crippen molar-refractivity contribution in [2.45, 2.75) is 24.4 Å². The van der Waals surface area contributed by atoms with Crippen LogP contribution in [0.5, 0.6) is 0 Å². The molecule has 11 heteroatoms. The van der Waals surface area contributed by atoms with E-state index >= 15 is 0 Å². The maximum atomic E-state index is 10.0. The van der Waals surface area contributed by atoms with Crippen LogP contribution in [0.15, 0.2) is 0 Å². The van der Waals surface area contributed by atoms with Crippen molar-refractivity contribution in [1.29, 1.82) is 0 Å². The second-order valence-electron chi connectivity index (χ2n) is 2.82. The Kier molecular flexibility index (Phi) is 13.2. The van der Waals surface area contributed by atoms with E-state index in [4.69, 9.17) is 35.5 Å². The molecule has 0 aromatic carbocycles. The van der Waals surface area contributed by atoms with E-state index in [1.54, 1.807) is 0 Å². The smallest absolute Gasteiger partial charge is 0.430 e. The van der Waals surface area contributed by atoms with Crippen molar-refractivity contribution in [2.75, 3.05) is 6.61 Å². The molecule has 0 heterocycles. The molecule has 0 radical (unpaired) electrons. The molecule has 0 aliphatic carbocycles. The van der Waals surface area contributed by atoms with Gasteiger partial charge in [0.05, 0.1) is 6.61 Å². The number of aliphatic hydroxyl groups is 4. The molecule has 0 saturated carbocycles. The minimum Gasteiger partial charge on any atom is -0.430 e. The molecule has 0 aliphatic rings. The first-order chi connectivity index (χ1) is 7.95.